The van der Waals surface area contributed by atoms with Crippen LogP contribution in [-0.2, 0) is 4.79 Å². The molecule has 0 heterocycles. The zero-order valence-electron chi connectivity index (χ0n) is 10.6. The van der Waals surface area contributed by atoms with E-state index in [1.165, 1.54) is 0 Å². The summed E-state index contributed by atoms with van der Waals surface area (Å²) in [6.07, 6.45) is 1.46. The molecule has 17 heavy (non-hydrogen) atoms. The molecule has 0 aliphatic heterocycles. The predicted molar refractivity (Wildman–Crippen MR) is 67.4 cm³/mol. The third-order valence-electron chi connectivity index (χ3n) is 3.20. The first-order valence-corrected chi connectivity index (χ1v) is 6.00. The molecule has 1 aromatic rings. The summed E-state index contributed by atoms with van der Waals surface area (Å²) < 4.78 is 5.18. The van der Waals surface area contributed by atoms with Crippen LogP contribution in [0.3, 0.4) is 0 Å². The molecule has 3 heteroatoms. The zero-order chi connectivity index (χ0) is 12.8. The highest BCUT2D eigenvalue weighted by Gasteiger charge is 2.26. The van der Waals surface area contributed by atoms with Crippen LogP contribution < -0.4 is 4.74 Å². The maximum Gasteiger partial charge on any atom is 0.307 e. The third-order valence-corrected chi connectivity index (χ3v) is 3.20. The largest absolute Gasteiger partial charge is 0.497 e. The Bertz CT molecular complexity index is 373. The summed E-state index contributed by atoms with van der Waals surface area (Å²) in [5.41, 5.74) is 1.04. The number of hydrogen-bond acceptors (Lipinski definition) is 2. The number of aliphatic carboxylic acids is 1. The summed E-state index contributed by atoms with van der Waals surface area (Å²) in [5, 5.41) is 9.23. The molecule has 0 saturated carbocycles. The minimum absolute atomic E-state index is 0.0487. The lowest BCUT2D eigenvalue weighted by atomic mass is 9.82. The van der Waals surface area contributed by atoms with Gasteiger partial charge in [-0.3, -0.25) is 4.79 Å². The van der Waals surface area contributed by atoms with E-state index in [-0.39, 0.29) is 11.8 Å². The molecule has 0 aromatic heterocycles. The van der Waals surface area contributed by atoms with Crippen LogP contribution in [0.2, 0.25) is 0 Å². The van der Waals surface area contributed by atoms with E-state index in [2.05, 4.69) is 0 Å². The highest BCUT2D eigenvalue weighted by Crippen LogP contribution is 2.32. The van der Waals surface area contributed by atoms with Gasteiger partial charge in [-0.2, -0.15) is 0 Å². The lowest BCUT2D eigenvalue weighted by Crippen LogP contribution is -2.21. The van der Waals surface area contributed by atoms with Gasteiger partial charge in [-0.25, -0.2) is 0 Å². The van der Waals surface area contributed by atoms with Crippen LogP contribution in [0.25, 0.3) is 0 Å². The van der Waals surface area contributed by atoms with Crippen molar-refractivity contribution in [2.75, 3.05) is 7.11 Å². The average Bonchev–Trinajstić information content (AvgIpc) is 2.35. The van der Waals surface area contributed by atoms with Crippen LogP contribution in [0.4, 0.5) is 0 Å². The van der Waals surface area contributed by atoms with Gasteiger partial charge in [0.2, 0.25) is 0 Å². The average molecular weight is 236 g/mol. The fourth-order valence-electron chi connectivity index (χ4n) is 2.26. The first kappa shape index (κ1) is 13.6. The van der Waals surface area contributed by atoms with E-state index < -0.39 is 5.97 Å². The van der Waals surface area contributed by atoms with E-state index in [1.807, 2.05) is 38.1 Å². The second kappa shape index (κ2) is 6.28. The Kier molecular flexibility index (Phi) is 5.01. The van der Waals surface area contributed by atoms with Crippen molar-refractivity contribution in [3.05, 3.63) is 29.8 Å². The normalized spacial score (nSPS) is 14.1. The van der Waals surface area contributed by atoms with Crippen LogP contribution in [0, 0.1) is 5.92 Å². The van der Waals surface area contributed by atoms with Gasteiger partial charge in [0.05, 0.1) is 13.0 Å². The van der Waals surface area contributed by atoms with Crippen LogP contribution in [-0.4, -0.2) is 18.2 Å². The Morgan fingerprint density at radius 2 is 2.06 bits per heavy atom. The standard InChI is InChI=1S/C14H20O3/c1-4-12(13(5-2)14(15)16)10-7-6-8-11(9-10)17-3/h6-9,12-13H,4-5H2,1-3H3,(H,15,16). The van der Waals surface area contributed by atoms with Crippen LogP contribution in [0.1, 0.15) is 38.2 Å². The molecule has 0 radical (unpaired) electrons. The Morgan fingerprint density at radius 1 is 1.35 bits per heavy atom. The number of hydrogen-bond donors (Lipinski definition) is 1. The summed E-state index contributed by atoms with van der Waals surface area (Å²) >= 11 is 0. The van der Waals surface area contributed by atoms with Crippen molar-refractivity contribution in [1.29, 1.82) is 0 Å². The molecule has 2 atom stereocenters. The van der Waals surface area contributed by atoms with Crippen LogP contribution in [0.5, 0.6) is 5.75 Å². The van der Waals surface area contributed by atoms with Crippen LogP contribution >= 0.6 is 0 Å². The summed E-state index contributed by atoms with van der Waals surface area (Å²) in [6.45, 7) is 3.94. The second-order valence-electron chi connectivity index (χ2n) is 4.14. The van der Waals surface area contributed by atoms with E-state index in [0.717, 1.165) is 17.7 Å². The molecule has 94 valence electrons. The van der Waals surface area contributed by atoms with Crippen molar-refractivity contribution in [2.45, 2.75) is 32.6 Å². The smallest absolute Gasteiger partial charge is 0.307 e. The molecule has 1 N–H and O–H groups in total. The first-order valence-electron chi connectivity index (χ1n) is 6.00. The predicted octanol–water partition coefficient (Wildman–Crippen LogP) is 3.30. The number of carbonyl (C=O) groups is 1. The maximum absolute atomic E-state index is 11.2. The number of ether oxygens (including phenoxy) is 1. The highest BCUT2D eigenvalue weighted by atomic mass is 16.5. The molecule has 0 aliphatic carbocycles. The van der Waals surface area contributed by atoms with Gasteiger partial charge in [0.25, 0.3) is 0 Å². The number of methoxy groups -OCH3 is 1. The first-order chi connectivity index (χ1) is 8.13. The zero-order valence-corrected chi connectivity index (χ0v) is 10.6. The Hall–Kier alpha value is -1.51. The molecule has 0 aliphatic rings. The van der Waals surface area contributed by atoms with E-state index >= 15 is 0 Å². The Balaban J connectivity index is 3.03. The van der Waals surface area contributed by atoms with E-state index in [9.17, 15) is 9.90 Å². The SMILES string of the molecule is CCC(C(=O)O)C(CC)c1cccc(OC)c1. The number of rotatable bonds is 6. The van der Waals surface area contributed by atoms with Crippen molar-refractivity contribution < 1.29 is 14.6 Å². The molecule has 3 nitrogen and oxygen atoms in total. The summed E-state index contributed by atoms with van der Waals surface area (Å²) in [4.78, 5) is 11.2. The van der Waals surface area contributed by atoms with Gasteiger partial charge in [-0.15, -0.1) is 0 Å². The van der Waals surface area contributed by atoms with Crippen molar-refractivity contribution in [3.8, 4) is 5.75 Å². The topological polar surface area (TPSA) is 46.5 Å². The van der Waals surface area contributed by atoms with Crippen molar-refractivity contribution in [2.24, 2.45) is 5.92 Å². The molecule has 0 fully saturated rings. The molecular weight excluding hydrogens is 216 g/mol. The van der Waals surface area contributed by atoms with Gasteiger partial charge in [0, 0.05) is 0 Å². The van der Waals surface area contributed by atoms with Gasteiger partial charge < -0.3 is 9.84 Å². The highest BCUT2D eigenvalue weighted by molar-refractivity contribution is 5.71. The molecule has 1 rings (SSSR count). The fourth-order valence-corrected chi connectivity index (χ4v) is 2.26. The molecular formula is C14H20O3. The van der Waals surface area contributed by atoms with Gasteiger partial charge in [-0.1, -0.05) is 26.0 Å². The van der Waals surface area contributed by atoms with Gasteiger partial charge >= 0.3 is 5.97 Å². The van der Waals surface area contributed by atoms with Crippen molar-refractivity contribution in [3.63, 3.8) is 0 Å². The van der Waals surface area contributed by atoms with E-state index in [4.69, 9.17) is 4.74 Å². The third kappa shape index (κ3) is 3.22. The second-order valence-corrected chi connectivity index (χ2v) is 4.14. The minimum atomic E-state index is -0.720. The van der Waals surface area contributed by atoms with Crippen molar-refractivity contribution in [1.82, 2.24) is 0 Å². The lowest BCUT2D eigenvalue weighted by molar-refractivity contribution is -0.142. The Morgan fingerprint density at radius 3 is 2.53 bits per heavy atom. The minimum Gasteiger partial charge on any atom is -0.497 e. The lowest BCUT2D eigenvalue weighted by Gasteiger charge is -2.22. The number of carboxylic acids is 1. The quantitative estimate of drug-likeness (QED) is 0.824. The van der Waals surface area contributed by atoms with E-state index in [0.29, 0.717) is 6.42 Å². The van der Waals surface area contributed by atoms with E-state index in [1.54, 1.807) is 7.11 Å². The maximum atomic E-state index is 11.2. The van der Waals surface area contributed by atoms with Gasteiger partial charge in [0.1, 0.15) is 5.75 Å². The monoisotopic (exact) mass is 236 g/mol. The summed E-state index contributed by atoms with van der Waals surface area (Å²) in [6, 6.07) is 7.69. The van der Waals surface area contributed by atoms with Gasteiger partial charge in [0.15, 0.2) is 0 Å². The van der Waals surface area contributed by atoms with Crippen molar-refractivity contribution >= 4 is 5.97 Å². The summed E-state index contributed by atoms with van der Waals surface area (Å²) in [5.74, 6) is -0.219. The molecule has 0 saturated heterocycles. The Labute approximate surface area is 102 Å². The number of carboxylic acid groups (broad SMARTS) is 1. The fraction of sp³-hybridized carbons (Fsp3) is 0.500. The number of benzene rings is 1. The summed E-state index contributed by atoms with van der Waals surface area (Å²) in [7, 11) is 1.62. The molecule has 0 bridgehead atoms. The molecule has 0 spiro atoms. The molecule has 2 unspecified atom stereocenters. The van der Waals surface area contributed by atoms with Crippen LogP contribution in [0.15, 0.2) is 24.3 Å². The molecule has 1 aromatic carbocycles. The van der Waals surface area contributed by atoms with Gasteiger partial charge in [-0.05, 0) is 36.5 Å². The molecule has 0 amide bonds.